The second-order valence-electron chi connectivity index (χ2n) is 8.56. The number of nitrogens with zero attached hydrogens (tertiary/aromatic N) is 1. The first kappa shape index (κ1) is 22.1. The van der Waals surface area contributed by atoms with Crippen molar-refractivity contribution in [1.29, 1.82) is 0 Å². The third-order valence-electron chi connectivity index (χ3n) is 6.45. The van der Waals surface area contributed by atoms with E-state index in [2.05, 4.69) is 162 Å². The van der Waals surface area contributed by atoms with Gasteiger partial charge in [-0.15, -0.1) is 0 Å². The molecule has 0 fully saturated rings. The van der Waals surface area contributed by atoms with E-state index in [1.807, 2.05) is 0 Å². The molecule has 0 spiro atoms. The lowest BCUT2D eigenvalue weighted by Gasteiger charge is -2.46. The highest BCUT2D eigenvalue weighted by atomic mass is 28.4. The summed E-state index contributed by atoms with van der Waals surface area (Å²) in [5, 5.41) is 5.63. The van der Waals surface area contributed by atoms with Gasteiger partial charge in [-0.25, -0.2) is 0 Å². The second-order valence-corrected chi connectivity index (χ2v) is 15.0. The fourth-order valence-corrected chi connectivity index (χ4v) is 13.6. The third kappa shape index (κ3) is 4.28. The van der Waals surface area contributed by atoms with Gasteiger partial charge in [0, 0.05) is 5.69 Å². The quantitative estimate of drug-likeness (QED) is 0.312. The predicted molar refractivity (Wildman–Crippen MR) is 151 cm³/mol. The van der Waals surface area contributed by atoms with Gasteiger partial charge in [0.05, 0.1) is 0 Å². The molecule has 0 unspecified atom stereocenters. The highest BCUT2D eigenvalue weighted by molar-refractivity contribution is 7.14. The van der Waals surface area contributed by atoms with Crippen molar-refractivity contribution in [2.45, 2.75) is 6.55 Å². The highest BCUT2D eigenvalue weighted by Crippen LogP contribution is 2.24. The molecule has 0 aromatic heterocycles. The van der Waals surface area contributed by atoms with Crippen molar-refractivity contribution in [3.8, 4) is 0 Å². The smallest absolute Gasteiger partial charge is 0.234 e. The number of para-hydroxylation sites is 1. The van der Waals surface area contributed by atoms with E-state index in [1.165, 1.54) is 26.4 Å². The summed E-state index contributed by atoms with van der Waals surface area (Å²) in [5.41, 5.74) is 1.28. The van der Waals surface area contributed by atoms with Gasteiger partial charge in [-0.2, -0.15) is 0 Å². The summed E-state index contributed by atoms with van der Waals surface area (Å²) in [6, 6.07) is 55.5. The molecule has 34 heavy (non-hydrogen) atoms. The molecule has 0 atom stereocenters. The van der Waals surface area contributed by atoms with Crippen LogP contribution in [-0.4, -0.2) is 17.2 Å². The molecule has 0 amide bonds. The molecule has 3 heteroatoms. The van der Waals surface area contributed by atoms with E-state index < -0.39 is 17.2 Å². The standard InChI is InChI=1S/C31H28NSi2/c1-34(30-23-13-5-14-24-30,31-25-15-6-16-26-31)32(27-17-7-2-8-18-27)33(28-19-9-3-10-20-28)29-21-11-4-12-22-29/h2-26H,1H3. The van der Waals surface area contributed by atoms with E-state index in [1.54, 1.807) is 0 Å². The van der Waals surface area contributed by atoms with Crippen LogP contribution in [0.4, 0.5) is 5.69 Å². The van der Waals surface area contributed by atoms with Gasteiger partial charge in [-0.3, -0.25) is 0 Å². The zero-order valence-electron chi connectivity index (χ0n) is 19.4. The van der Waals surface area contributed by atoms with Crippen LogP contribution in [0.25, 0.3) is 0 Å². The topological polar surface area (TPSA) is 3.24 Å². The minimum atomic E-state index is -2.42. The Morgan fingerprint density at radius 2 is 0.765 bits per heavy atom. The van der Waals surface area contributed by atoms with E-state index in [9.17, 15) is 0 Å². The molecule has 1 radical (unpaired) electrons. The summed E-state index contributed by atoms with van der Waals surface area (Å²) >= 11 is 0. The fourth-order valence-electron chi connectivity index (χ4n) is 4.76. The van der Waals surface area contributed by atoms with E-state index >= 15 is 0 Å². The van der Waals surface area contributed by atoms with E-state index in [0.29, 0.717) is 0 Å². The average molecular weight is 471 g/mol. The normalized spacial score (nSPS) is 11.4. The lowest BCUT2D eigenvalue weighted by molar-refractivity contribution is 1.44. The summed E-state index contributed by atoms with van der Waals surface area (Å²) in [7, 11) is -3.77. The Hall–Kier alpha value is -3.67. The zero-order chi connectivity index (χ0) is 23.2. The maximum absolute atomic E-state index is 2.83. The van der Waals surface area contributed by atoms with Gasteiger partial charge in [0.15, 0.2) is 0 Å². The van der Waals surface area contributed by atoms with Crippen LogP contribution in [0.5, 0.6) is 0 Å². The van der Waals surface area contributed by atoms with Gasteiger partial charge < -0.3 is 4.23 Å². The summed E-state index contributed by atoms with van der Waals surface area (Å²) in [6.07, 6.45) is 0. The van der Waals surface area contributed by atoms with Crippen LogP contribution in [0, 0.1) is 0 Å². The molecule has 0 N–H and O–H groups in total. The molecule has 0 aliphatic rings. The number of benzene rings is 5. The number of anilines is 1. The van der Waals surface area contributed by atoms with E-state index in [-0.39, 0.29) is 0 Å². The molecular weight excluding hydrogens is 443 g/mol. The van der Waals surface area contributed by atoms with Gasteiger partial charge in [0.1, 0.15) is 0 Å². The summed E-state index contributed by atoms with van der Waals surface area (Å²) in [4.78, 5) is 0. The monoisotopic (exact) mass is 470 g/mol. The molecular formula is C31H28NSi2. The van der Waals surface area contributed by atoms with Crippen molar-refractivity contribution in [1.82, 2.24) is 0 Å². The maximum Gasteiger partial charge on any atom is 0.234 e. The van der Waals surface area contributed by atoms with E-state index in [0.717, 1.165) is 0 Å². The Labute approximate surface area is 205 Å². The molecule has 0 saturated carbocycles. The summed E-state index contributed by atoms with van der Waals surface area (Å²) in [5.74, 6) is 0. The van der Waals surface area contributed by atoms with Crippen molar-refractivity contribution in [2.75, 3.05) is 4.23 Å². The van der Waals surface area contributed by atoms with Crippen LogP contribution in [0.3, 0.4) is 0 Å². The van der Waals surface area contributed by atoms with Crippen LogP contribution >= 0.6 is 0 Å². The Morgan fingerprint density at radius 1 is 0.441 bits per heavy atom. The first-order valence-corrected chi connectivity index (χ1v) is 15.6. The molecule has 5 aromatic rings. The fraction of sp³-hybridized carbons (Fsp3) is 0.0323. The average Bonchev–Trinajstić information content (AvgIpc) is 2.93. The van der Waals surface area contributed by atoms with E-state index in [4.69, 9.17) is 0 Å². The molecule has 0 saturated heterocycles. The van der Waals surface area contributed by atoms with Gasteiger partial charge >= 0.3 is 0 Å². The van der Waals surface area contributed by atoms with Crippen molar-refractivity contribution in [3.63, 3.8) is 0 Å². The number of hydrogen-bond acceptors (Lipinski definition) is 1. The van der Waals surface area contributed by atoms with Gasteiger partial charge in [-0.1, -0.05) is 140 Å². The van der Waals surface area contributed by atoms with Crippen molar-refractivity contribution < 1.29 is 0 Å². The maximum atomic E-state index is 2.83. The third-order valence-corrected chi connectivity index (χ3v) is 15.0. The van der Waals surface area contributed by atoms with Crippen LogP contribution < -0.4 is 25.0 Å². The minimum Gasteiger partial charge on any atom is -0.411 e. The second kappa shape index (κ2) is 10.1. The largest absolute Gasteiger partial charge is 0.411 e. The Balaban J connectivity index is 1.84. The first-order chi connectivity index (χ1) is 16.8. The molecule has 0 aliphatic carbocycles. The van der Waals surface area contributed by atoms with Crippen LogP contribution in [0.1, 0.15) is 0 Å². The summed E-state index contributed by atoms with van der Waals surface area (Å²) in [6.45, 7) is 2.52. The van der Waals surface area contributed by atoms with Crippen LogP contribution in [-0.2, 0) is 0 Å². The predicted octanol–water partition coefficient (Wildman–Crippen LogP) is 4.69. The van der Waals surface area contributed by atoms with Crippen LogP contribution in [0.15, 0.2) is 152 Å². The zero-order valence-corrected chi connectivity index (χ0v) is 21.4. The van der Waals surface area contributed by atoms with Crippen molar-refractivity contribution in [3.05, 3.63) is 152 Å². The van der Waals surface area contributed by atoms with Gasteiger partial charge in [0.2, 0.25) is 17.2 Å². The molecule has 0 bridgehead atoms. The molecule has 5 aromatic carbocycles. The SMILES string of the molecule is C[Si](c1ccccc1)(c1ccccc1)N(c1ccccc1)[Si](c1ccccc1)c1ccccc1. The highest BCUT2D eigenvalue weighted by Gasteiger charge is 2.44. The van der Waals surface area contributed by atoms with Crippen molar-refractivity contribution >= 4 is 43.6 Å². The van der Waals surface area contributed by atoms with Crippen molar-refractivity contribution in [2.24, 2.45) is 0 Å². The van der Waals surface area contributed by atoms with Crippen LogP contribution in [0.2, 0.25) is 6.55 Å². The minimum absolute atomic E-state index is 1.28. The Morgan fingerprint density at radius 3 is 1.15 bits per heavy atom. The Bertz CT molecular complexity index is 1220. The molecule has 0 aliphatic heterocycles. The molecule has 165 valence electrons. The first-order valence-electron chi connectivity index (χ1n) is 11.7. The molecule has 1 nitrogen and oxygen atoms in total. The molecule has 5 rings (SSSR count). The number of hydrogen-bond donors (Lipinski definition) is 0. The Kier molecular flexibility index (Phi) is 6.56. The summed E-state index contributed by atoms with van der Waals surface area (Å²) < 4.78 is 2.83. The lowest BCUT2D eigenvalue weighted by Crippen LogP contribution is -2.76. The van der Waals surface area contributed by atoms with Gasteiger partial charge in [-0.05, 0) is 39.4 Å². The molecule has 0 heterocycles. The lowest BCUT2D eigenvalue weighted by atomic mass is 10.3. The van der Waals surface area contributed by atoms with Gasteiger partial charge in [0.25, 0.3) is 0 Å². The number of rotatable bonds is 7.